The molecular formula is C25H26BrNO3. The summed E-state index contributed by atoms with van der Waals surface area (Å²) in [6.45, 7) is 1.08. The lowest BCUT2D eigenvalue weighted by Gasteiger charge is -2.60. The van der Waals surface area contributed by atoms with Crippen LogP contribution >= 0.6 is 15.9 Å². The van der Waals surface area contributed by atoms with E-state index in [4.69, 9.17) is 4.74 Å². The second-order valence-electron chi connectivity index (χ2n) is 10.0. The number of benzene rings is 2. The number of ether oxygens (including phenoxy) is 1. The van der Waals surface area contributed by atoms with Crippen LogP contribution in [0.4, 0.5) is 0 Å². The van der Waals surface area contributed by atoms with E-state index in [1.165, 1.54) is 29.5 Å². The lowest BCUT2D eigenvalue weighted by Crippen LogP contribution is -2.68. The van der Waals surface area contributed by atoms with Crippen LogP contribution in [0.1, 0.15) is 48.3 Å². The fourth-order valence-corrected chi connectivity index (χ4v) is 7.71. The summed E-state index contributed by atoms with van der Waals surface area (Å²) in [6, 6.07) is 13.6. The molecule has 156 valence electrons. The molecule has 1 saturated heterocycles. The third-order valence-corrected chi connectivity index (χ3v) is 9.28. The number of phenols is 1. The van der Waals surface area contributed by atoms with Gasteiger partial charge in [0.1, 0.15) is 6.10 Å². The second-order valence-corrected chi connectivity index (χ2v) is 10.9. The number of halogens is 1. The Hall–Kier alpha value is -1.56. The minimum atomic E-state index is -0.576. The first-order valence-corrected chi connectivity index (χ1v) is 12.1. The summed E-state index contributed by atoms with van der Waals surface area (Å²) in [5, 5.41) is 22.3. The molecule has 6 atom stereocenters. The van der Waals surface area contributed by atoms with E-state index >= 15 is 0 Å². The number of aromatic hydroxyl groups is 1. The van der Waals surface area contributed by atoms with E-state index in [0.717, 1.165) is 36.3 Å². The highest BCUT2D eigenvalue weighted by Gasteiger charge is 2.68. The Morgan fingerprint density at radius 2 is 1.90 bits per heavy atom. The summed E-state index contributed by atoms with van der Waals surface area (Å²) in [4.78, 5) is 2.77. The maximum Gasteiger partial charge on any atom is 0.165 e. The topological polar surface area (TPSA) is 52.9 Å². The number of hydrogen-bond acceptors (Lipinski definition) is 4. The number of rotatable bonds is 2. The van der Waals surface area contributed by atoms with Gasteiger partial charge in [-0.3, -0.25) is 4.90 Å². The number of likely N-dealkylation sites (tertiary alicyclic amines) is 1. The van der Waals surface area contributed by atoms with Gasteiger partial charge in [0, 0.05) is 33.5 Å². The molecule has 2 N–H and O–H groups in total. The number of hydrogen-bond donors (Lipinski definition) is 2. The molecule has 2 aromatic carbocycles. The molecule has 1 spiro atoms. The fourth-order valence-electron chi connectivity index (χ4n) is 7.44. The van der Waals surface area contributed by atoms with E-state index in [1.807, 2.05) is 0 Å². The van der Waals surface area contributed by atoms with Crippen LogP contribution in [0.15, 0.2) is 40.9 Å². The summed E-state index contributed by atoms with van der Waals surface area (Å²) in [6.07, 6.45) is 4.81. The van der Waals surface area contributed by atoms with Crippen molar-refractivity contribution in [3.8, 4) is 11.5 Å². The largest absolute Gasteiger partial charge is 0.504 e. The molecule has 0 radical (unpaired) electrons. The molecule has 5 aliphatic rings. The Morgan fingerprint density at radius 3 is 2.67 bits per heavy atom. The normalized spacial score (nSPS) is 38.8. The van der Waals surface area contributed by atoms with Crippen LogP contribution in [-0.2, 0) is 11.8 Å². The monoisotopic (exact) mass is 467 g/mol. The van der Waals surface area contributed by atoms with E-state index in [9.17, 15) is 10.2 Å². The summed E-state index contributed by atoms with van der Waals surface area (Å²) < 4.78 is 7.54. The molecule has 4 nitrogen and oxygen atoms in total. The first-order chi connectivity index (χ1) is 14.6. The van der Waals surface area contributed by atoms with Gasteiger partial charge >= 0.3 is 0 Å². The Morgan fingerprint density at radius 1 is 1.10 bits per heavy atom. The van der Waals surface area contributed by atoms with Crippen molar-refractivity contribution in [3.05, 3.63) is 57.6 Å². The van der Waals surface area contributed by atoms with E-state index in [2.05, 4.69) is 51.2 Å². The predicted octanol–water partition coefficient (Wildman–Crippen LogP) is 4.11. The fraction of sp³-hybridized carbons (Fsp3) is 0.520. The standard InChI is InChI=1S/C25H26BrNO3/c26-15-4-1-13(2-5-15)17-12-18-19-11-14-3-8-20(28)23-21(14)25(18,24(30-23)22(17)29)9-10-27(19)16-6-7-16/h1-5,8,16-19,22,24,28-29H,6-7,9-12H2/t17-,18?,19-,22+,24+,25+/m1/s1. The molecule has 30 heavy (non-hydrogen) atoms. The number of phenolic OH excluding ortho intramolecular Hbond substituents is 1. The zero-order chi connectivity index (χ0) is 20.2. The molecule has 1 unspecified atom stereocenters. The quantitative estimate of drug-likeness (QED) is 0.697. The third-order valence-electron chi connectivity index (χ3n) is 8.75. The van der Waals surface area contributed by atoms with E-state index in [-0.39, 0.29) is 23.2 Å². The van der Waals surface area contributed by atoms with Gasteiger partial charge in [0.05, 0.1) is 6.10 Å². The molecule has 3 fully saturated rings. The van der Waals surface area contributed by atoms with Crippen molar-refractivity contribution in [2.75, 3.05) is 6.54 Å². The first-order valence-electron chi connectivity index (χ1n) is 11.3. The molecule has 2 heterocycles. The van der Waals surface area contributed by atoms with Crippen molar-refractivity contribution in [1.82, 2.24) is 4.90 Å². The van der Waals surface area contributed by atoms with Gasteiger partial charge in [0.15, 0.2) is 11.5 Å². The van der Waals surface area contributed by atoms with Gasteiger partial charge in [-0.2, -0.15) is 0 Å². The minimum absolute atomic E-state index is 0.0564. The van der Waals surface area contributed by atoms with Gasteiger partial charge in [-0.05, 0) is 73.9 Å². The third kappa shape index (κ3) is 2.19. The number of piperidine rings is 1. The van der Waals surface area contributed by atoms with Crippen LogP contribution in [0.3, 0.4) is 0 Å². The Balaban J connectivity index is 1.40. The molecule has 3 aliphatic carbocycles. The van der Waals surface area contributed by atoms with E-state index in [1.54, 1.807) is 6.07 Å². The van der Waals surface area contributed by atoms with Gasteiger partial charge < -0.3 is 14.9 Å². The molecule has 0 aromatic heterocycles. The molecule has 2 saturated carbocycles. The molecule has 2 bridgehead atoms. The highest BCUT2D eigenvalue weighted by molar-refractivity contribution is 9.10. The Labute approximate surface area is 185 Å². The summed E-state index contributed by atoms with van der Waals surface area (Å²) in [7, 11) is 0. The average Bonchev–Trinajstić information content (AvgIpc) is 3.51. The SMILES string of the molecule is Oc1ccc2c3c1O[C@H]1[C@@H](O)[C@@H](c4ccc(Br)cc4)CC4[C@@H](C2)N(C2CC2)CC[C@@]341. The molecular weight excluding hydrogens is 442 g/mol. The highest BCUT2D eigenvalue weighted by Crippen LogP contribution is 2.66. The zero-order valence-electron chi connectivity index (χ0n) is 16.8. The number of nitrogens with zero attached hydrogens (tertiary/aromatic N) is 1. The number of aliphatic hydroxyl groups is 1. The van der Waals surface area contributed by atoms with Crippen LogP contribution in [0, 0.1) is 5.92 Å². The Bertz CT molecular complexity index is 1040. The van der Waals surface area contributed by atoms with Crippen LogP contribution in [-0.4, -0.2) is 45.9 Å². The van der Waals surface area contributed by atoms with Crippen molar-refractivity contribution in [2.24, 2.45) is 5.92 Å². The van der Waals surface area contributed by atoms with Gasteiger partial charge in [0.2, 0.25) is 0 Å². The summed E-state index contributed by atoms with van der Waals surface area (Å²) in [5.41, 5.74) is 3.57. The zero-order valence-corrected chi connectivity index (χ0v) is 18.4. The number of aliphatic hydroxyl groups excluding tert-OH is 1. The van der Waals surface area contributed by atoms with Gasteiger partial charge in [-0.15, -0.1) is 0 Å². The molecule has 5 heteroatoms. The van der Waals surface area contributed by atoms with Crippen LogP contribution in [0.25, 0.3) is 0 Å². The summed E-state index contributed by atoms with van der Waals surface area (Å²) in [5.74, 6) is 1.38. The first kappa shape index (κ1) is 18.1. The highest BCUT2D eigenvalue weighted by atomic mass is 79.9. The minimum Gasteiger partial charge on any atom is -0.504 e. The van der Waals surface area contributed by atoms with Crippen molar-refractivity contribution in [2.45, 2.75) is 67.7 Å². The molecule has 2 aliphatic heterocycles. The van der Waals surface area contributed by atoms with Crippen molar-refractivity contribution in [1.29, 1.82) is 0 Å². The van der Waals surface area contributed by atoms with E-state index in [0.29, 0.717) is 17.7 Å². The van der Waals surface area contributed by atoms with Gasteiger partial charge in [-0.1, -0.05) is 34.1 Å². The lowest BCUT2D eigenvalue weighted by molar-refractivity contribution is -0.115. The van der Waals surface area contributed by atoms with E-state index < -0.39 is 6.10 Å². The van der Waals surface area contributed by atoms with Crippen LogP contribution in [0.2, 0.25) is 0 Å². The predicted molar refractivity (Wildman–Crippen MR) is 117 cm³/mol. The maximum absolute atomic E-state index is 11.6. The van der Waals surface area contributed by atoms with Crippen molar-refractivity contribution < 1.29 is 14.9 Å². The van der Waals surface area contributed by atoms with Gasteiger partial charge in [-0.25, -0.2) is 0 Å². The lowest BCUT2D eigenvalue weighted by atomic mass is 9.49. The average molecular weight is 468 g/mol. The smallest absolute Gasteiger partial charge is 0.165 e. The van der Waals surface area contributed by atoms with Crippen LogP contribution in [0.5, 0.6) is 11.5 Å². The molecule has 7 rings (SSSR count). The van der Waals surface area contributed by atoms with Crippen molar-refractivity contribution >= 4 is 15.9 Å². The van der Waals surface area contributed by atoms with Crippen molar-refractivity contribution in [3.63, 3.8) is 0 Å². The maximum atomic E-state index is 11.6. The molecule has 2 aromatic rings. The van der Waals surface area contributed by atoms with Gasteiger partial charge in [0.25, 0.3) is 0 Å². The Kier molecular flexibility index (Phi) is 3.62. The summed E-state index contributed by atoms with van der Waals surface area (Å²) >= 11 is 3.54. The molecule has 0 amide bonds. The van der Waals surface area contributed by atoms with Crippen LogP contribution < -0.4 is 4.74 Å². The second kappa shape index (κ2) is 6.02.